The van der Waals surface area contributed by atoms with E-state index in [1.165, 1.54) is 12.3 Å². The SMILES string of the molecule is NC1CCC(Nc2nccc(-c3cnccc3Oc3cc(Cl)c(NS(=O)(=O)Cc4ccccc4)cc3F)n2)CC1. The molecule has 40 heavy (non-hydrogen) atoms. The van der Waals surface area contributed by atoms with Gasteiger partial charge in [-0.05, 0) is 43.4 Å². The van der Waals surface area contributed by atoms with Gasteiger partial charge >= 0.3 is 0 Å². The molecule has 0 amide bonds. The number of hydrogen-bond donors (Lipinski definition) is 3. The van der Waals surface area contributed by atoms with Gasteiger partial charge in [0.25, 0.3) is 0 Å². The van der Waals surface area contributed by atoms with E-state index in [0.29, 0.717) is 22.8 Å². The van der Waals surface area contributed by atoms with Gasteiger partial charge in [-0.2, -0.15) is 0 Å². The van der Waals surface area contributed by atoms with Crippen LogP contribution in [-0.4, -0.2) is 35.5 Å². The minimum atomic E-state index is -3.84. The third-order valence-corrected chi connectivity index (χ3v) is 8.08. The molecule has 4 N–H and O–H groups in total. The van der Waals surface area contributed by atoms with Gasteiger partial charge in [0.05, 0.1) is 27.7 Å². The lowest BCUT2D eigenvalue weighted by atomic mass is 9.92. The van der Waals surface area contributed by atoms with Crippen molar-refractivity contribution >= 4 is 33.3 Å². The molecule has 5 rings (SSSR count). The second-order valence-electron chi connectivity index (χ2n) is 9.60. The molecule has 0 spiro atoms. The molecule has 2 heterocycles. The molecule has 9 nitrogen and oxygen atoms in total. The van der Waals surface area contributed by atoms with Gasteiger partial charge < -0.3 is 15.8 Å². The van der Waals surface area contributed by atoms with Crippen LogP contribution in [0.2, 0.25) is 5.02 Å². The van der Waals surface area contributed by atoms with E-state index in [2.05, 4.69) is 25.0 Å². The summed E-state index contributed by atoms with van der Waals surface area (Å²) in [7, 11) is -3.84. The minimum absolute atomic E-state index is 0.0237. The molecular weight excluding hydrogens is 555 g/mol. The molecule has 1 saturated carbocycles. The summed E-state index contributed by atoms with van der Waals surface area (Å²) in [6, 6.07) is 14.6. The van der Waals surface area contributed by atoms with E-state index < -0.39 is 15.8 Å². The number of nitrogens with one attached hydrogen (secondary N) is 2. The molecule has 0 saturated heterocycles. The summed E-state index contributed by atoms with van der Waals surface area (Å²) < 4.78 is 48.6. The van der Waals surface area contributed by atoms with Crippen molar-refractivity contribution in [2.45, 2.75) is 43.5 Å². The zero-order valence-corrected chi connectivity index (χ0v) is 23.0. The lowest BCUT2D eigenvalue weighted by molar-refractivity contribution is 0.410. The molecule has 2 aromatic carbocycles. The van der Waals surface area contributed by atoms with Gasteiger partial charge in [0.2, 0.25) is 16.0 Å². The van der Waals surface area contributed by atoms with Crippen LogP contribution in [0.15, 0.2) is 73.2 Å². The molecule has 1 aliphatic carbocycles. The number of anilines is 2. The maximum atomic E-state index is 15.1. The van der Waals surface area contributed by atoms with Crippen LogP contribution in [0.3, 0.4) is 0 Å². The third kappa shape index (κ3) is 7.04. The van der Waals surface area contributed by atoms with Crippen LogP contribution in [0.4, 0.5) is 16.0 Å². The van der Waals surface area contributed by atoms with E-state index in [9.17, 15) is 8.42 Å². The Kier molecular flexibility index (Phi) is 8.43. The van der Waals surface area contributed by atoms with Gasteiger partial charge in [-0.15, -0.1) is 0 Å². The maximum absolute atomic E-state index is 15.1. The third-order valence-electron chi connectivity index (χ3n) is 6.52. The fourth-order valence-corrected chi connectivity index (χ4v) is 5.95. The average molecular weight is 583 g/mol. The van der Waals surface area contributed by atoms with E-state index in [1.807, 2.05) is 0 Å². The normalized spacial score (nSPS) is 17.3. The van der Waals surface area contributed by atoms with Crippen molar-refractivity contribution in [1.82, 2.24) is 15.0 Å². The highest BCUT2D eigenvalue weighted by atomic mass is 35.5. The number of halogens is 2. The predicted octanol–water partition coefficient (Wildman–Crippen LogP) is 5.75. The predicted molar refractivity (Wildman–Crippen MR) is 153 cm³/mol. The number of ether oxygens (including phenoxy) is 1. The fraction of sp³-hybridized carbons (Fsp3) is 0.250. The molecule has 0 aliphatic heterocycles. The quantitative estimate of drug-likeness (QED) is 0.227. The second kappa shape index (κ2) is 12.2. The molecule has 0 atom stereocenters. The van der Waals surface area contributed by atoms with Crippen molar-refractivity contribution in [1.29, 1.82) is 0 Å². The molecule has 208 valence electrons. The highest BCUT2D eigenvalue weighted by molar-refractivity contribution is 7.91. The van der Waals surface area contributed by atoms with Gasteiger partial charge in [-0.3, -0.25) is 9.71 Å². The summed E-state index contributed by atoms with van der Waals surface area (Å²) in [6.45, 7) is 0. The van der Waals surface area contributed by atoms with Crippen molar-refractivity contribution in [2.24, 2.45) is 5.73 Å². The summed E-state index contributed by atoms with van der Waals surface area (Å²) in [5, 5.41) is 3.34. The number of nitrogens with zero attached hydrogens (tertiary/aromatic N) is 3. The lowest BCUT2D eigenvalue weighted by Gasteiger charge is -2.26. The maximum Gasteiger partial charge on any atom is 0.236 e. The van der Waals surface area contributed by atoms with Crippen molar-refractivity contribution in [3.8, 4) is 22.8 Å². The van der Waals surface area contributed by atoms with Crippen LogP contribution < -0.4 is 20.5 Å². The molecule has 2 aromatic heterocycles. The molecule has 1 fully saturated rings. The van der Waals surface area contributed by atoms with Crippen molar-refractivity contribution in [3.05, 3.63) is 89.6 Å². The van der Waals surface area contributed by atoms with Gasteiger partial charge in [-0.25, -0.2) is 22.8 Å². The van der Waals surface area contributed by atoms with E-state index in [0.717, 1.165) is 31.7 Å². The van der Waals surface area contributed by atoms with Crippen molar-refractivity contribution < 1.29 is 17.5 Å². The zero-order chi connectivity index (χ0) is 28.1. The molecule has 4 aromatic rings. The summed E-state index contributed by atoms with van der Waals surface area (Å²) in [4.78, 5) is 13.1. The first-order valence-electron chi connectivity index (χ1n) is 12.8. The molecule has 0 radical (unpaired) electrons. The monoisotopic (exact) mass is 582 g/mol. The largest absolute Gasteiger partial charge is 0.453 e. The van der Waals surface area contributed by atoms with Gasteiger partial charge in [0, 0.05) is 42.8 Å². The molecule has 0 unspecified atom stereocenters. The number of aromatic nitrogens is 3. The Morgan fingerprint density at radius 1 is 1.02 bits per heavy atom. The first-order valence-corrected chi connectivity index (χ1v) is 14.8. The highest BCUT2D eigenvalue weighted by Gasteiger charge is 2.21. The van der Waals surface area contributed by atoms with Crippen LogP contribution in [0.1, 0.15) is 31.2 Å². The summed E-state index contributed by atoms with van der Waals surface area (Å²) in [6.07, 6.45) is 8.47. The van der Waals surface area contributed by atoms with E-state index in [1.54, 1.807) is 54.9 Å². The molecule has 12 heteroatoms. The van der Waals surface area contributed by atoms with E-state index >= 15 is 4.39 Å². The molecule has 1 aliphatic rings. The van der Waals surface area contributed by atoms with Crippen molar-refractivity contribution in [2.75, 3.05) is 10.0 Å². The first kappa shape index (κ1) is 27.8. The number of sulfonamides is 1. The Bertz CT molecular complexity index is 1580. The van der Waals surface area contributed by atoms with Gasteiger partial charge in [0.15, 0.2) is 11.6 Å². The Morgan fingerprint density at radius 2 is 1.80 bits per heavy atom. The van der Waals surface area contributed by atoms with Crippen LogP contribution in [0.25, 0.3) is 11.3 Å². The van der Waals surface area contributed by atoms with Gasteiger partial charge in [0.1, 0.15) is 5.75 Å². The summed E-state index contributed by atoms with van der Waals surface area (Å²) in [5.74, 6) is -0.515. The zero-order valence-electron chi connectivity index (χ0n) is 21.4. The smallest absolute Gasteiger partial charge is 0.236 e. The number of hydrogen-bond acceptors (Lipinski definition) is 8. The first-order chi connectivity index (χ1) is 19.3. The number of nitrogens with two attached hydrogens (primary N) is 1. The van der Waals surface area contributed by atoms with Crippen LogP contribution in [0, 0.1) is 5.82 Å². The fourth-order valence-electron chi connectivity index (χ4n) is 4.49. The Balaban J connectivity index is 1.34. The lowest BCUT2D eigenvalue weighted by Crippen LogP contribution is -2.33. The highest BCUT2D eigenvalue weighted by Crippen LogP contribution is 2.37. The molecular formula is C28H28ClFN6O3S. The Labute approximate surface area is 237 Å². The van der Waals surface area contributed by atoms with Crippen molar-refractivity contribution in [3.63, 3.8) is 0 Å². The standard InChI is InChI=1S/C28H28ClFN6O3S/c29-22-14-27(23(30)15-25(22)36-40(37,38)17-18-4-2-1-3-5-18)39-26-11-12-32-16-21(26)24-10-13-33-28(35-24)34-20-8-6-19(31)7-9-20/h1-5,10-16,19-20,36H,6-9,17,31H2,(H,33,34,35). The summed E-state index contributed by atoms with van der Waals surface area (Å²) in [5.41, 5.74) is 7.55. The van der Waals surface area contributed by atoms with Crippen LogP contribution in [0.5, 0.6) is 11.5 Å². The van der Waals surface area contributed by atoms with Gasteiger partial charge in [-0.1, -0.05) is 41.9 Å². The number of benzene rings is 2. The Morgan fingerprint density at radius 3 is 2.58 bits per heavy atom. The van der Waals surface area contributed by atoms with Crippen LogP contribution in [-0.2, 0) is 15.8 Å². The Hall–Kier alpha value is -3.80. The number of pyridine rings is 1. The second-order valence-corrected chi connectivity index (χ2v) is 11.7. The topological polar surface area (TPSA) is 132 Å². The number of rotatable bonds is 9. The minimum Gasteiger partial charge on any atom is -0.453 e. The van der Waals surface area contributed by atoms with E-state index in [-0.39, 0.29) is 40.0 Å². The average Bonchev–Trinajstić information content (AvgIpc) is 2.93. The molecule has 0 bridgehead atoms. The van der Waals surface area contributed by atoms with E-state index in [4.69, 9.17) is 22.1 Å². The summed E-state index contributed by atoms with van der Waals surface area (Å²) >= 11 is 6.33. The van der Waals surface area contributed by atoms with Crippen LogP contribution >= 0.6 is 11.6 Å².